The van der Waals surface area contributed by atoms with Gasteiger partial charge in [-0.2, -0.15) is 0 Å². The normalized spacial score (nSPS) is 19.9. The highest BCUT2D eigenvalue weighted by Gasteiger charge is 2.27. The molecule has 0 saturated carbocycles. The molecule has 2 rings (SSSR count). The van der Waals surface area contributed by atoms with Gasteiger partial charge in [0.05, 0.1) is 5.56 Å². The molecule has 1 atom stereocenters. The molecule has 2 nitrogen and oxygen atoms in total. The summed E-state index contributed by atoms with van der Waals surface area (Å²) < 4.78 is 1.92. The van der Waals surface area contributed by atoms with Gasteiger partial charge in [-0.05, 0) is 76.0 Å². The van der Waals surface area contributed by atoms with Crippen molar-refractivity contribution in [1.82, 2.24) is 4.90 Å². The lowest BCUT2D eigenvalue weighted by atomic mass is 10.0. The van der Waals surface area contributed by atoms with Crippen molar-refractivity contribution in [3.63, 3.8) is 0 Å². The first-order chi connectivity index (χ1) is 8.63. The van der Waals surface area contributed by atoms with E-state index in [-0.39, 0.29) is 11.9 Å². The van der Waals surface area contributed by atoms with Crippen LogP contribution in [-0.2, 0) is 0 Å². The second-order valence-corrected chi connectivity index (χ2v) is 6.84. The number of carbonyl (C=O) groups is 1. The molecular weight excluding hydrogens is 428 g/mol. The van der Waals surface area contributed by atoms with E-state index in [0.29, 0.717) is 5.88 Å². The summed E-state index contributed by atoms with van der Waals surface area (Å²) in [5.41, 5.74) is 0.735. The van der Waals surface area contributed by atoms with Crippen molar-refractivity contribution in [3.05, 3.63) is 31.8 Å². The zero-order valence-electron chi connectivity index (χ0n) is 9.83. The van der Waals surface area contributed by atoms with Crippen LogP contribution in [0.2, 0.25) is 0 Å². The summed E-state index contributed by atoms with van der Waals surface area (Å²) in [5, 5.41) is 0. The van der Waals surface area contributed by atoms with Gasteiger partial charge in [0, 0.05) is 26.5 Å². The summed E-state index contributed by atoms with van der Waals surface area (Å²) in [4.78, 5) is 14.5. The van der Waals surface area contributed by atoms with E-state index in [9.17, 15) is 4.79 Å². The molecule has 1 aromatic carbocycles. The van der Waals surface area contributed by atoms with Gasteiger partial charge < -0.3 is 4.90 Å². The molecule has 1 aliphatic heterocycles. The first kappa shape index (κ1) is 14.6. The lowest BCUT2D eigenvalue weighted by Crippen LogP contribution is -2.44. The molecule has 5 heteroatoms. The van der Waals surface area contributed by atoms with Crippen LogP contribution in [-0.4, -0.2) is 29.3 Å². The molecule has 1 amide bonds. The Balaban J connectivity index is 2.26. The molecule has 0 aromatic heterocycles. The number of nitrogens with zero attached hydrogens (tertiary/aromatic N) is 1. The Morgan fingerprint density at radius 3 is 3.00 bits per heavy atom. The average Bonchev–Trinajstić information content (AvgIpc) is 2.40. The van der Waals surface area contributed by atoms with Gasteiger partial charge in [0.15, 0.2) is 0 Å². The highest BCUT2D eigenvalue weighted by Crippen LogP contribution is 2.25. The molecular formula is C13H14BrClINO. The molecule has 1 fully saturated rings. The van der Waals surface area contributed by atoms with E-state index in [0.717, 1.165) is 39.4 Å². The minimum absolute atomic E-state index is 0.0886. The monoisotopic (exact) mass is 441 g/mol. The molecule has 18 heavy (non-hydrogen) atoms. The first-order valence-corrected chi connectivity index (χ1v) is 8.36. The van der Waals surface area contributed by atoms with E-state index < -0.39 is 0 Å². The van der Waals surface area contributed by atoms with Crippen molar-refractivity contribution in [1.29, 1.82) is 0 Å². The smallest absolute Gasteiger partial charge is 0.255 e. The second kappa shape index (κ2) is 6.57. The SMILES string of the molecule is O=C(c1cc(I)ccc1Br)N1CCCCC1CCl. The van der Waals surface area contributed by atoms with Crippen LogP contribution in [0.1, 0.15) is 29.6 Å². The molecule has 1 saturated heterocycles. The lowest BCUT2D eigenvalue weighted by molar-refractivity contribution is 0.0638. The van der Waals surface area contributed by atoms with Gasteiger partial charge in [-0.3, -0.25) is 4.79 Å². The highest BCUT2D eigenvalue weighted by molar-refractivity contribution is 14.1. The van der Waals surface area contributed by atoms with Crippen LogP contribution < -0.4 is 0 Å². The topological polar surface area (TPSA) is 20.3 Å². The van der Waals surface area contributed by atoms with Gasteiger partial charge in [-0.15, -0.1) is 11.6 Å². The zero-order chi connectivity index (χ0) is 13.1. The van der Waals surface area contributed by atoms with Gasteiger partial charge >= 0.3 is 0 Å². The number of benzene rings is 1. The third-order valence-corrected chi connectivity index (χ3v) is 4.94. The minimum Gasteiger partial charge on any atom is -0.334 e. The maximum Gasteiger partial charge on any atom is 0.255 e. The number of halogens is 3. The Morgan fingerprint density at radius 2 is 2.28 bits per heavy atom. The Morgan fingerprint density at radius 1 is 1.50 bits per heavy atom. The molecule has 1 aliphatic rings. The molecule has 0 spiro atoms. The Hall–Kier alpha value is 0.190. The summed E-state index contributed by atoms with van der Waals surface area (Å²) in [5.74, 6) is 0.610. The Labute approximate surface area is 134 Å². The van der Waals surface area contributed by atoms with Crippen LogP contribution in [0.3, 0.4) is 0 Å². The zero-order valence-corrected chi connectivity index (χ0v) is 14.3. The van der Waals surface area contributed by atoms with E-state index in [1.165, 1.54) is 0 Å². The number of hydrogen-bond acceptors (Lipinski definition) is 1. The van der Waals surface area contributed by atoms with Crippen molar-refractivity contribution in [2.45, 2.75) is 25.3 Å². The van der Waals surface area contributed by atoms with Crippen LogP contribution in [0.5, 0.6) is 0 Å². The molecule has 0 bridgehead atoms. The van der Waals surface area contributed by atoms with Crippen molar-refractivity contribution in [2.24, 2.45) is 0 Å². The van der Waals surface area contributed by atoms with E-state index >= 15 is 0 Å². The number of hydrogen-bond donors (Lipinski definition) is 0. The fourth-order valence-corrected chi connectivity index (χ4v) is 3.47. The van der Waals surface area contributed by atoms with Crippen LogP contribution in [0, 0.1) is 3.57 Å². The summed E-state index contributed by atoms with van der Waals surface area (Å²) in [6.45, 7) is 0.814. The van der Waals surface area contributed by atoms with Crippen LogP contribution in [0.4, 0.5) is 0 Å². The van der Waals surface area contributed by atoms with Gasteiger partial charge in [-0.1, -0.05) is 0 Å². The molecule has 0 N–H and O–H groups in total. The molecule has 0 aliphatic carbocycles. The molecule has 1 unspecified atom stereocenters. The van der Waals surface area contributed by atoms with Crippen LogP contribution >= 0.6 is 50.1 Å². The average molecular weight is 443 g/mol. The van der Waals surface area contributed by atoms with Gasteiger partial charge in [0.25, 0.3) is 5.91 Å². The quantitative estimate of drug-likeness (QED) is 0.494. The number of piperidine rings is 1. The summed E-state index contributed by atoms with van der Waals surface area (Å²) >= 11 is 11.6. The third-order valence-electron chi connectivity index (χ3n) is 3.22. The lowest BCUT2D eigenvalue weighted by Gasteiger charge is -2.34. The van der Waals surface area contributed by atoms with Crippen molar-refractivity contribution in [3.8, 4) is 0 Å². The Kier molecular flexibility index (Phi) is 5.33. The molecule has 1 heterocycles. The van der Waals surface area contributed by atoms with Crippen LogP contribution in [0.25, 0.3) is 0 Å². The predicted octanol–water partition coefficient (Wildman–Crippen LogP) is 4.29. The largest absolute Gasteiger partial charge is 0.334 e. The number of carbonyl (C=O) groups excluding carboxylic acids is 1. The second-order valence-electron chi connectivity index (χ2n) is 4.43. The van der Waals surface area contributed by atoms with E-state index in [2.05, 4.69) is 38.5 Å². The molecule has 0 radical (unpaired) electrons. The first-order valence-electron chi connectivity index (χ1n) is 5.95. The van der Waals surface area contributed by atoms with Gasteiger partial charge in [0.1, 0.15) is 0 Å². The predicted molar refractivity (Wildman–Crippen MR) is 86.3 cm³/mol. The maximum absolute atomic E-state index is 12.6. The molecule has 98 valence electrons. The number of rotatable bonds is 2. The number of alkyl halides is 1. The van der Waals surface area contributed by atoms with Gasteiger partial charge in [-0.25, -0.2) is 0 Å². The fraction of sp³-hybridized carbons (Fsp3) is 0.462. The molecule has 1 aromatic rings. The number of amides is 1. The standard InChI is InChI=1S/C13H14BrClINO/c14-12-5-4-9(16)7-11(12)13(18)17-6-2-1-3-10(17)8-15/h4-5,7,10H,1-3,6,8H2. The highest BCUT2D eigenvalue weighted by atomic mass is 127. The van der Waals surface area contributed by atoms with Crippen molar-refractivity contribution < 1.29 is 4.79 Å². The van der Waals surface area contributed by atoms with E-state index in [1.807, 2.05) is 23.1 Å². The van der Waals surface area contributed by atoms with E-state index in [1.54, 1.807) is 0 Å². The number of likely N-dealkylation sites (tertiary alicyclic amines) is 1. The fourth-order valence-electron chi connectivity index (χ4n) is 2.24. The third kappa shape index (κ3) is 3.20. The van der Waals surface area contributed by atoms with Crippen LogP contribution in [0.15, 0.2) is 22.7 Å². The minimum atomic E-state index is 0.0886. The van der Waals surface area contributed by atoms with Crippen molar-refractivity contribution in [2.75, 3.05) is 12.4 Å². The maximum atomic E-state index is 12.6. The Bertz CT molecular complexity index is 455. The van der Waals surface area contributed by atoms with E-state index in [4.69, 9.17) is 11.6 Å². The summed E-state index contributed by atoms with van der Waals surface area (Å²) in [7, 11) is 0. The summed E-state index contributed by atoms with van der Waals surface area (Å²) in [6, 6.07) is 6.01. The summed E-state index contributed by atoms with van der Waals surface area (Å²) in [6.07, 6.45) is 3.24. The van der Waals surface area contributed by atoms with Crippen molar-refractivity contribution >= 4 is 56.0 Å². The van der Waals surface area contributed by atoms with Gasteiger partial charge in [0.2, 0.25) is 0 Å².